The van der Waals surface area contributed by atoms with E-state index >= 15 is 0 Å². The maximum Gasteiger partial charge on any atom is 0.328 e. The molecule has 5 atom stereocenters. The Morgan fingerprint density at radius 3 is 2.93 bits per heavy atom. The summed E-state index contributed by atoms with van der Waals surface area (Å²) in [6.07, 6.45) is 5.24. The van der Waals surface area contributed by atoms with E-state index in [1.54, 1.807) is 4.90 Å². The first kappa shape index (κ1) is 15.5. The van der Waals surface area contributed by atoms with Crippen LogP contribution in [-0.2, 0) is 25.5 Å². The Kier molecular flexibility index (Phi) is 2.65. The molecule has 5 unspecified atom stereocenters. The van der Waals surface area contributed by atoms with Gasteiger partial charge >= 0.3 is 5.97 Å². The lowest BCUT2D eigenvalue weighted by Gasteiger charge is -2.40. The van der Waals surface area contributed by atoms with Gasteiger partial charge in [-0.05, 0) is 25.0 Å². The molecule has 1 N–H and O–H groups in total. The average Bonchev–Trinajstić information content (AvgIpc) is 3.36. The van der Waals surface area contributed by atoms with Crippen LogP contribution in [0.1, 0.15) is 30.6 Å². The molecule has 0 aliphatic carbocycles. The van der Waals surface area contributed by atoms with Crippen molar-refractivity contribution < 1.29 is 19.1 Å². The third kappa shape index (κ3) is 1.66. The number of amides is 1. The number of benzene rings is 1. The lowest BCUT2D eigenvalue weighted by atomic mass is 9.76. The van der Waals surface area contributed by atoms with Crippen molar-refractivity contribution in [2.24, 2.45) is 5.92 Å². The highest BCUT2D eigenvalue weighted by Crippen LogP contribution is 2.63. The standard InChI is InChI=1S/C21H20N2O4/c1-20-7-8-21(27-20)13(10-20)18(24)23-15(19(25)26-2)9-12-11-5-3-4-6-14(11)22-16(12)17(21)23/h3-8,13,15,17,22H,9-10H2,1-2H3. The van der Waals surface area contributed by atoms with Gasteiger partial charge in [0.1, 0.15) is 17.7 Å². The first-order valence-corrected chi connectivity index (χ1v) is 9.37. The first-order valence-electron chi connectivity index (χ1n) is 9.37. The minimum absolute atomic E-state index is 0.00668. The quantitative estimate of drug-likeness (QED) is 0.622. The highest BCUT2D eigenvalue weighted by Gasteiger charge is 2.71. The minimum Gasteiger partial charge on any atom is -0.467 e. The van der Waals surface area contributed by atoms with Gasteiger partial charge in [-0.2, -0.15) is 0 Å². The number of carbonyl (C=O) groups excluding carboxylic acids is 2. The van der Waals surface area contributed by atoms with Gasteiger partial charge in [0.05, 0.1) is 18.6 Å². The summed E-state index contributed by atoms with van der Waals surface area (Å²) in [6, 6.07) is 7.11. The molecule has 1 amide bonds. The SMILES string of the molecule is COC(=O)C1Cc2c([nH]c3ccccc23)C2N1C(=O)C1CC3(C)C=CC12O3. The Balaban J connectivity index is 1.63. The third-order valence-corrected chi connectivity index (χ3v) is 6.85. The van der Waals surface area contributed by atoms with Gasteiger partial charge in [-0.25, -0.2) is 4.79 Å². The molecule has 4 aliphatic rings. The maximum atomic E-state index is 13.4. The molecule has 138 valence electrons. The third-order valence-electron chi connectivity index (χ3n) is 6.85. The van der Waals surface area contributed by atoms with Crippen LogP contribution in [0.3, 0.4) is 0 Å². The molecule has 2 fully saturated rings. The van der Waals surface area contributed by atoms with E-state index in [1.807, 2.05) is 25.1 Å². The van der Waals surface area contributed by atoms with Crippen molar-refractivity contribution in [3.63, 3.8) is 0 Å². The molecule has 6 heteroatoms. The first-order chi connectivity index (χ1) is 13.0. The van der Waals surface area contributed by atoms with Gasteiger partial charge in [0.2, 0.25) is 5.91 Å². The highest BCUT2D eigenvalue weighted by atomic mass is 16.5. The molecule has 6 rings (SSSR count). The van der Waals surface area contributed by atoms with E-state index in [4.69, 9.17) is 9.47 Å². The fourth-order valence-electron chi connectivity index (χ4n) is 5.78. The van der Waals surface area contributed by atoms with Crippen LogP contribution < -0.4 is 0 Å². The maximum absolute atomic E-state index is 13.4. The molecular weight excluding hydrogens is 344 g/mol. The van der Waals surface area contributed by atoms with Crippen LogP contribution in [-0.4, -0.2) is 46.1 Å². The largest absolute Gasteiger partial charge is 0.467 e. The zero-order valence-electron chi connectivity index (χ0n) is 15.2. The van der Waals surface area contributed by atoms with Gasteiger partial charge in [0, 0.05) is 23.0 Å². The van der Waals surface area contributed by atoms with Crippen LogP contribution in [0.25, 0.3) is 10.9 Å². The van der Waals surface area contributed by atoms with Crippen molar-refractivity contribution in [3.8, 4) is 0 Å². The normalized spacial score (nSPS) is 38.2. The number of carbonyl (C=O) groups is 2. The van der Waals surface area contributed by atoms with Crippen molar-refractivity contribution >= 4 is 22.8 Å². The van der Waals surface area contributed by atoms with E-state index in [-0.39, 0.29) is 23.8 Å². The van der Waals surface area contributed by atoms with Gasteiger partial charge in [-0.3, -0.25) is 4.79 Å². The number of aromatic amines is 1. The van der Waals surface area contributed by atoms with Gasteiger partial charge in [-0.15, -0.1) is 0 Å². The van der Waals surface area contributed by atoms with Crippen molar-refractivity contribution in [2.45, 2.75) is 43.1 Å². The number of hydrogen-bond acceptors (Lipinski definition) is 4. The van der Waals surface area contributed by atoms with E-state index in [1.165, 1.54) is 7.11 Å². The topological polar surface area (TPSA) is 71.6 Å². The summed E-state index contributed by atoms with van der Waals surface area (Å²) in [6.45, 7) is 2.03. The summed E-state index contributed by atoms with van der Waals surface area (Å²) < 4.78 is 11.5. The predicted octanol–water partition coefficient (Wildman–Crippen LogP) is 2.25. The Morgan fingerprint density at radius 1 is 1.33 bits per heavy atom. The Labute approximate surface area is 156 Å². The van der Waals surface area contributed by atoms with E-state index in [2.05, 4.69) is 23.2 Å². The predicted molar refractivity (Wildman–Crippen MR) is 96.9 cm³/mol. The molecule has 2 bridgehead atoms. The number of esters is 1. The Morgan fingerprint density at radius 2 is 2.15 bits per heavy atom. The lowest BCUT2D eigenvalue weighted by Crippen LogP contribution is -2.51. The molecule has 2 saturated heterocycles. The number of ether oxygens (including phenoxy) is 2. The molecule has 27 heavy (non-hydrogen) atoms. The summed E-state index contributed by atoms with van der Waals surface area (Å²) in [7, 11) is 1.38. The lowest BCUT2D eigenvalue weighted by molar-refractivity contribution is -0.155. The molecular formula is C21H20N2O4. The summed E-state index contributed by atoms with van der Waals surface area (Å²) in [4.78, 5) is 31.3. The number of para-hydroxylation sites is 1. The summed E-state index contributed by atoms with van der Waals surface area (Å²) >= 11 is 0. The molecule has 1 aromatic carbocycles. The second kappa shape index (κ2) is 4.62. The van der Waals surface area contributed by atoms with Crippen LogP contribution >= 0.6 is 0 Å². The molecule has 0 radical (unpaired) electrons. The molecule has 2 aromatic rings. The molecule has 6 nitrogen and oxygen atoms in total. The summed E-state index contributed by atoms with van der Waals surface area (Å²) in [5, 5.41) is 1.09. The summed E-state index contributed by atoms with van der Waals surface area (Å²) in [5.74, 6) is -0.639. The fourth-order valence-corrected chi connectivity index (χ4v) is 5.78. The van der Waals surface area contributed by atoms with Crippen molar-refractivity contribution in [3.05, 3.63) is 47.7 Å². The zero-order valence-corrected chi connectivity index (χ0v) is 15.2. The average molecular weight is 364 g/mol. The van der Waals surface area contributed by atoms with Crippen molar-refractivity contribution in [2.75, 3.05) is 7.11 Å². The minimum atomic E-state index is -0.714. The van der Waals surface area contributed by atoms with Crippen molar-refractivity contribution in [1.82, 2.24) is 9.88 Å². The van der Waals surface area contributed by atoms with Gasteiger partial charge < -0.3 is 19.4 Å². The number of H-pyrrole nitrogens is 1. The van der Waals surface area contributed by atoms with E-state index in [0.717, 1.165) is 22.2 Å². The van der Waals surface area contributed by atoms with Gasteiger partial charge in [0.25, 0.3) is 0 Å². The number of rotatable bonds is 1. The zero-order chi connectivity index (χ0) is 18.6. The van der Waals surface area contributed by atoms with Crippen LogP contribution in [0.4, 0.5) is 0 Å². The summed E-state index contributed by atoms with van der Waals surface area (Å²) in [5.41, 5.74) is 1.97. The van der Waals surface area contributed by atoms with Gasteiger partial charge in [0.15, 0.2) is 0 Å². The Hall–Kier alpha value is -2.60. The molecule has 1 spiro atoms. The van der Waals surface area contributed by atoms with E-state index < -0.39 is 17.2 Å². The number of fused-ring (bicyclic) bond motifs is 6. The fraction of sp³-hybridized carbons (Fsp3) is 0.429. The van der Waals surface area contributed by atoms with Crippen LogP contribution in [0.5, 0.6) is 0 Å². The number of hydrogen-bond donors (Lipinski definition) is 1. The Bertz CT molecular complexity index is 1060. The smallest absolute Gasteiger partial charge is 0.328 e. The van der Waals surface area contributed by atoms with E-state index in [0.29, 0.717) is 12.8 Å². The number of aromatic nitrogens is 1. The molecule has 5 heterocycles. The van der Waals surface area contributed by atoms with Crippen LogP contribution in [0, 0.1) is 5.92 Å². The second-order valence-electron chi connectivity index (χ2n) is 8.31. The van der Waals surface area contributed by atoms with Crippen molar-refractivity contribution in [1.29, 1.82) is 0 Å². The van der Waals surface area contributed by atoms with Crippen LogP contribution in [0.2, 0.25) is 0 Å². The van der Waals surface area contributed by atoms with E-state index in [9.17, 15) is 9.59 Å². The highest BCUT2D eigenvalue weighted by molar-refractivity contribution is 5.94. The number of nitrogens with one attached hydrogen (secondary N) is 1. The number of methoxy groups -OCH3 is 1. The van der Waals surface area contributed by atoms with Crippen LogP contribution in [0.15, 0.2) is 36.4 Å². The molecule has 1 aromatic heterocycles. The number of nitrogens with zero attached hydrogens (tertiary/aromatic N) is 1. The molecule has 0 saturated carbocycles. The monoisotopic (exact) mass is 364 g/mol. The molecule has 4 aliphatic heterocycles. The second-order valence-corrected chi connectivity index (χ2v) is 8.31. The van der Waals surface area contributed by atoms with Gasteiger partial charge in [-0.1, -0.05) is 30.4 Å².